The molecule has 0 saturated heterocycles. The molecule has 1 N–H and O–H groups in total. The lowest BCUT2D eigenvalue weighted by atomic mass is 10.1. The second-order valence-corrected chi connectivity index (χ2v) is 4.92. The first-order valence-corrected chi connectivity index (χ1v) is 6.98. The third-order valence-corrected chi connectivity index (χ3v) is 3.17. The number of benzene rings is 1. The Bertz CT molecular complexity index is 655. The fourth-order valence-electron chi connectivity index (χ4n) is 2.13. The average molecular weight is 285 g/mol. The van der Waals surface area contributed by atoms with E-state index in [9.17, 15) is 9.59 Å². The molecule has 21 heavy (non-hydrogen) atoms. The molecule has 1 amide bonds. The largest absolute Gasteiger partial charge is 0.355 e. The molecule has 5 nitrogen and oxygen atoms in total. The van der Waals surface area contributed by atoms with Crippen LogP contribution in [0.1, 0.15) is 23.7 Å². The van der Waals surface area contributed by atoms with Crippen molar-refractivity contribution >= 4 is 28.9 Å². The molecule has 2 rings (SSSR count). The second kappa shape index (κ2) is 6.83. The highest BCUT2D eigenvalue weighted by Crippen LogP contribution is 2.21. The Morgan fingerprint density at radius 3 is 2.86 bits per heavy atom. The molecule has 0 radical (unpaired) electrons. The lowest BCUT2D eigenvalue weighted by Gasteiger charge is -2.19. The highest BCUT2D eigenvalue weighted by Gasteiger charge is 2.13. The number of rotatable bonds is 6. The summed E-state index contributed by atoms with van der Waals surface area (Å²) >= 11 is 0. The molecule has 2 aromatic rings. The van der Waals surface area contributed by atoms with E-state index < -0.39 is 0 Å². The minimum Gasteiger partial charge on any atom is -0.355 e. The Balaban J connectivity index is 2.27. The normalized spacial score (nSPS) is 10.4. The number of amides is 1. The summed E-state index contributed by atoms with van der Waals surface area (Å²) in [6.07, 6.45) is 1.67. The molecule has 0 aliphatic carbocycles. The maximum Gasteiger partial charge on any atom is 0.239 e. The van der Waals surface area contributed by atoms with Gasteiger partial charge in [0, 0.05) is 19.0 Å². The van der Waals surface area contributed by atoms with Crippen LogP contribution < -0.4 is 10.2 Å². The first kappa shape index (κ1) is 15.0. The number of pyridine rings is 1. The molecule has 0 saturated carbocycles. The van der Waals surface area contributed by atoms with Gasteiger partial charge in [-0.2, -0.15) is 0 Å². The SMILES string of the molecule is CCCNC(=O)CN(C)c1nc2ccccc2cc1C=O. The van der Waals surface area contributed by atoms with Gasteiger partial charge in [-0.25, -0.2) is 4.98 Å². The minimum atomic E-state index is -0.0776. The van der Waals surface area contributed by atoms with E-state index in [-0.39, 0.29) is 12.5 Å². The molecular weight excluding hydrogens is 266 g/mol. The smallest absolute Gasteiger partial charge is 0.239 e. The van der Waals surface area contributed by atoms with Crippen LogP contribution in [0.3, 0.4) is 0 Å². The topological polar surface area (TPSA) is 62.3 Å². The van der Waals surface area contributed by atoms with Gasteiger partial charge in [0.2, 0.25) is 5.91 Å². The van der Waals surface area contributed by atoms with Crippen molar-refractivity contribution < 1.29 is 9.59 Å². The maximum atomic E-state index is 11.8. The van der Waals surface area contributed by atoms with Crippen LogP contribution in [0.4, 0.5) is 5.82 Å². The van der Waals surface area contributed by atoms with Crippen molar-refractivity contribution in [1.29, 1.82) is 0 Å². The van der Waals surface area contributed by atoms with E-state index in [1.54, 1.807) is 18.0 Å². The number of aldehydes is 1. The summed E-state index contributed by atoms with van der Waals surface area (Å²) in [5, 5.41) is 3.72. The summed E-state index contributed by atoms with van der Waals surface area (Å²) in [5.41, 5.74) is 1.29. The highest BCUT2D eigenvalue weighted by molar-refractivity contribution is 5.92. The fraction of sp³-hybridized carbons (Fsp3) is 0.312. The zero-order valence-electron chi connectivity index (χ0n) is 12.3. The first-order valence-electron chi connectivity index (χ1n) is 6.98. The van der Waals surface area contributed by atoms with Gasteiger partial charge in [-0.1, -0.05) is 25.1 Å². The number of nitrogens with zero attached hydrogens (tertiary/aromatic N) is 2. The molecule has 110 valence electrons. The highest BCUT2D eigenvalue weighted by atomic mass is 16.2. The number of anilines is 1. The van der Waals surface area contributed by atoms with Crippen molar-refractivity contribution in [3.05, 3.63) is 35.9 Å². The summed E-state index contributed by atoms with van der Waals surface area (Å²) < 4.78 is 0. The maximum absolute atomic E-state index is 11.8. The van der Waals surface area contributed by atoms with Crippen molar-refractivity contribution in [2.75, 3.05) is 25.0 Å². The van der Waals surface area contributed by atoms with Crippen molar-refractivity contribution in [3.8, 4) is 0 Å². The zero-order chi connectivity index (χ0) is 15.2. The van der Waals surface area contributed by atoms with E-state index >= 15 is 0 Å². The third kappa shape index (κ3) is 3.56. The Kier molecular flexibility index (Phi) is 4.87. The van der Waals surface area contributed by atoms with Crippen molar-refractivity contribution in [3.63, 3.8) is 0 Å². The molecular formula is C16H19N3O2. The van der Waals surface area contributed by atoms with Gasteiger partial charge < -0.3 is 10.2 Å². The van der Waals surface area contributed by atoms with Gasteiger partial charge in [-0.05, 0) is 18.6 Å². The number of carbonyl (C=O) groups excluding carboxylic acids is 2. The van der Waals surface area contributed by atoms with Crippen LogP contribution in [-0.4, -0.2) is 37.3 Å². The third-order valence-electron chi connectivity index (χ3n) is 3.17. The molecule has 0 atom stereocenters. The summed E-state index contributed by atoms with van der Waals surface area (Å²) in [7, 11) is 1.76. The molecule has 1 heterocycles. The number of hydrogen-bond acceptors (Lipinski definition) is 4. The Hall–Kier alpha value is -2.43. The van der Waals surface area contributed by atoms with Gasteiger partial charge in [-0.15, -0.1) is 0 Å². The van der Waals surface area contributed by atoms with Crippen LogP contribution >= 0.6 is 0 Å². The van der Waals surface area contributed by atoms with Gasteiger partial charge in [0.1, 0.15) is 5.82 Å². The summed E-state index contributed by atoms with van der Waals surface area (Å²) in [4.78, 5) is 29.2. The second-order valence-electron chi connectivity index (χ2n) is 4.92. The molecule has 0 unspecified atom stereocenters. The van der Waals surface area contributed by atoms with E-state index in [1.807, 2.05) is 31.2 Å². The monoisotopic (exact) mass is 285 g/mol. The summed E-state index contributed by atoms with van der Waals surface area (Å²) in [5.74, 6) is 0.446. The van der Waals surface area contributed by atoms with Gasteiger partial charge in [0.25, 0.3) is 0 Å². The van der Waals surface area contributed by atoms with Gasteiger partial charge in [-0.3, -0.25) is 9.59 Å². The lowest BCUT2D eigenvalue weighted by Crippen LogP contribution is -2.36. The van der Waals surface area contributed by atoms with E-state index in [0.29, 0.717) is 17.9 Å². The minimum absolute atomic E-state index is 0.0776. The molecule has 0 aliphatic heterocycles. The van der Waals surface area contributed by atoms with Crippen molar-refractivity contribution in [2.45, 2.75) is 13.3 Å². The van der Waals surface area contributed by atoms with Crippen LogP contribution in [0, 0.1) is 0 Å². The predicted octanol–water partition coefficient (Wildman–Crippen LogP) is 2.01. The van der Waals surface area contributed by atoms with Crippen LogP contribution in [0.5, 0.6) is 0 Å². The number of nitrogens with one attached hydrogen (secondary N) is 1. The standard InChI is InChI=1S/C16H19N3O2/c1-3-8-17-15(21)10-19(2)16-13(11-20)9-12-6-4-5-7-14(12)18-16/h4-7,9,11H,3,8,10H2,1-2H3,(H,17,21). The van der Waals surface area contributed by atoms with Gasteiger partial charge in [0.15, 0.2) is 6.29 Å². The van der Waals surface area contributed by atoms with Crippen molar-refractivity contribution in [2.24, 2.45) is 0 Å². The predicted molar refractivity (Wildman–Crippen MR) is 83.7 cm³/mol. The van der Waals surface area contributed by atoms with Gasteiger partial charge in [0.05, 0.1) is 17.6 Å². The Labute approximate surface area is 124 Å². The van der Waals surface area contributed by atoms with Crippen molar-refractivity contribution in [1.82, 2.24) is 10.3 Å². The Morgan fingerprint density at radius 2 is 2.14 bits per heavy atom. The van der Waals surface area contributed by atoms with E-state index in [2.05, 4.69) is 10.3 Å². The summed E-state index contributed by atoms with van der Waals surface area (Å²) in [6.45, 7) is 2.82. The molecule has 0 spiro atoms. The Morgan fingerprint density at radius 1 is 1.38 bits per heavy atom. The van der Waals surface area contributed by atoms with Crippen LogP contribution in [0.2, 0.25) is 0 Å². The zero-order valence-corrected chi connectivity index (χ0v) is 12.3. The fourth-order valence-corrected chi connectivity index (χ4v) is 2.13. The van der Waals surface area contributed by atoms with E-state index in [0.717, 1.165) is 23.6 Å². The number of para-hydroxylation sites is 1. The molecule has 5 heteroatoms. The molecule has 0 bridgehead atoms. The summed E-state index contributed by atoms with van der Waals surface area (Å²) in [6, 6.07) is 9.39. The van der Waals surface area contributed by atoms with Crippen LogP contribution in [-0.2, 0) is 4.79 Å². The number of hydrogen-bond donors (Lipinski definition) is 1. The molecule has 1 aromatic heterocycles. The average Bonchev–Trinajstić information content (AvgIpc) is 2.51. The number of carbonyl (C=O) groups is 2. The quantitative estimate of drug-likeness (QED) is 0.825. The van der Waals surface area contributed by atoms with E-state index in [4.69, 9.17) is 0 Å². The number of likely N-dealkylation sites (N-methyl/N-ethyl adjacent to an activating group) is 1. The van der Waals surface area contributed by atoms with Crippen LogP contribution in [0.25, 0.3) is 10.9 Å². The molecule has 1 aromatic carbocycles. The van der Waals surface area contributed by atoms with Gasteiger partial charge >= 0.3 is 0 Å². The molecule has 0 fully saturated rings. The first-order chi connectivity index (χ1) is 10.2. The lowest BCUT2D eigenvalue weighted by molar-refractivity contribution is -0.119. The van der Waals surface area contributed by atoms with Crippen LogP contribution in [0.15, 0.2) is 30.3 Å². The number of aromatic nitrogens is 1. The van der Waals surface area contributed by atoms with E-state index in [1.165, 1.54) is 0 Å². The number of fused-ring (bicyclic) bond motifs is 1. The molecule has 0 aliphatic rings.